The first-order chi connectivity index (χ1) is 8.13. The Kier molecular flexibility index (Phi) is 6.22. The van der Waals surface area contributed by atoms with Gasteiger partial charge in [0.15, 0.2) is 0 Å². The second-order valence-electron chi connectivity index (χ2n) is 4.50. The highest BCUT2D eigenvalue weighted by atomic mass is 32.1. The van der Waals surface area contributed by atoms with Crippen LogP contribution in [0.2, 0.25) is 0 Å². The average molecular weight is 254 g/mol. The summed E-state index contributed by atoms with van der Waals surface area (Å²) in [6, 6.07) is 2.04. The fraction of sp³-hybridized carbons (Fsp3) is 0.615. The summed E-state index contributed by atoms with van der Waals surface area (Å²) in [6.45, 7) is 6.23. The van der Waals surface area contributed by atoms with E-state index in [1.54, 1.807) is 11.3 Å². The lowest BCUT2D eigenvalue weighted by Crippen LogP contribution is -2.40. The molecule has 1 aromatic rings. The van der Waals surface area contributed by atoms with Gasteiger partial charge in [-0.25, -0.2) is 0 Å². The molecule has 96 valence electrons. The van der Waals surface area contributed by atoms with Crippen molar-refractivity contribution < 1.29 is 4.79 Å². The molecule has 4 heteroatoms. The summed E-state index contributed by atoms with van der Waals surface area (Å²) in [7, 11) is 2.10. The van der Waals surface area contributed by atoms with Crippen LogP contribution in [0.3, 0.4) is 0 Å². The topological polar surface area (TPSA) is 32.3 Å². The van der Waals surface area contributed by atoms with Gasteiger partial charge in [0.05, 0.1) is 0 Å². The first kappa shape index (κ1) is 14.2. The maximum Gasteiger partial charge on any atom is 0.252 e. The maximum atomic E-state index is 11.8. The molecule has 0 saturated heterocycles. The molecule has 17 heavy (non-hydrogen) atoms. The van der Waals surface area contributed by atoms with Gasteiger partial charge in [0.2, 0.25) is 0 Å². The molecule has 0 aromatic carbocycles. The highest BCUT2D eigenvalue weighted by Gasteiger charge is 2.11. The van der Waals surface area contributed by atoms with Crippen LogP contribution in [0.5, 0.6) is 0 Å². The zero-order valence-electron chi connectivity index (χ0n) is 10.9. The number of hydrogen-bond donors (Lipinski definition) is 1. The van der Waals surface area contributed by atoms with Crippen LogP contribution in [0, 0.1) is 0 Å². The molecule has 0 bridgehead atoms. The van der Waals surface area contributed by atoms with Gasteiger partial charge in [-0.2, -0.15) is 11.3 Å². The summed E-state index contributed by atoms with van der Waals surface area (Å²) in [5.74, 6) is 0.0302. The van der Waals surface area contributed by atoms with Crippen LogP contribution in [-0.2, 0) is 0 Å². The van der Waals surface area contributed by atoms with Gasteiger partial charge in [-0.05, 0) is 38.4 Å². The van der Waals surface area contributed by atoms with Crippen LogP contribution in [0.4, 0.5) is 0 Å². The number of nitrogens with one attached hydrogen (secondary N) is 1. The Morgan fingerprint density at radius 1 is 1.59 bits per heavy atom. The summed E-state index contributed by atoms with van der Waals surface area (Å²) >= 11 is 1.55. The van der Waals surface area contributed by atoms with E-state index in [0.717, 1.165) is 18.7 Å². The van der Waals surface area contributed by atoms with Crippen molar-refractivity contribution in [1.29, 1.82) is 0 Å². The molecule has 0 unspecified atom stereocenters. The van der Waals surface area contributed by atoms with Gasteiger partial charge < -0.3 is 10.2 Å². The third-order valence-corrected chi connectivity index (χ3v) is 3.32. The van der Waals surface area contributed by atoms with E-state index in [0.29, 0.717) is 0 Å². The number of amides is 1. The smallest absolute Gasteiger partial charge is 0.252 e. The maximum absolute atomic E-state index is 11.8. The lowest BCUT2D eigenvalue weighted by atomic mass is 10.2. The van der Waals surface area contributed by atoms with Crippen molar-refractivity contribution in [2.75, 3.05) is 20.1 Å². The van der Waals surface area contributed by atoms with E-state index >= 15 is 0 Å². The molecule has 1 amide bonds. The van der Waals surface area contributed by atoms with E-state index in [-0.39, 0.29) is 11.9 Å². The highest BCUT2D eigenvalue weighted by Crippen LogP contribution is 2.06. The molecule has 1 rings (SSSR count). The van der Waals surface area contributed by atoms with Crippen LogP contribution in [0.1, 0.15) is 37.0 Å². The van der Waals surface area contributed by atoms with Gasteiger partial charge in [0, 0.05) is 23.5 Å². The van der Waals surface area contributed by atoms with E-state index in [1.165, 1.54) is 12.8 Å². The molecule has 1 heterocycles. The third-order valence-electron chi connectivity index (χ3n) is 2.64. The van der Waals surface area contributed by atoms with E-state index < -0.39 is 0 Å². The van der Waals surface area contributed by atoms with Crippen LogP contribution < -0.4 is 5.32 Å². The number of likely N-dealkylation sites (N-methyl/N-ethyl adjacent to an activating group) is 1. The number of rotatable bonds is 7. The fourth-order valence-electron chi connectivity index (χ4n) is 1.73. The molecule has 0 spiro atoms. The SMILES string of the molecule is CCCCN(C)C[C@@H](C)NC(=O)c1ccsc1. The van der Waals surface area contributed by atoms with Gasteiger partial charge in [-0.15, -0.1) is 0 Å². The van der Waals surface area contributed by atoms with Crippen molar-refractivity contribution >= 4 is 17.2 Å². The van der Waals surface area contributed by atoms with Crippen LogP contribution in [-0.4, -0.2) is 37.0 Å². The molecule has 1 N–H and O–H groups in total. The highest BCUT2D eigenvalue weighted by molar-refractivity contribution is 7.08. The molecule has 0 radical (unpaired) electrons. The van der Waals surface area contributed by atoms with E-state index in [4.69, 9.17) is 0 Å². The largest absolute Gasteiger partial charge is 0.348 e. The van der Waals surface area contributed by atoms with Crippen molar-refractivity contribution in [3.63, 3.8) is 0 Å². The van der Waals surface area contributed by atoms with Crippen LogP contribution in [0.25, 0.3) is 0 Å². The van der Waals surface area contributed by atoms with Gasteiger partial charge in [-0.1, -0.05) is 13.3 Å². The molecule has 0 saturated carbocycles. The van der Waals surface area contributed by atoms with Gasteiger partial charge in [-0.3, -0.25) is 4.79 Å². The number of unbranched alkanes of at least 4 members (excludes halogenated alkanes) is 1. The van der Waals surface area contributed by atoms with E-state index in [2.05, 4.69) is 24.2 Å². The Hall–Kier alpha value is -0.870. The van der Waals surface area contributed by atoms with Crippen LogP contribution in [0.15, 0.2) is 16.8 Å². The lowest BCUT2D eigenvalue weighted by Gasteiger charge is -2.21. The number of hydrogen-bond acceptors (Lipinski definition) is 3. The minimum absolute atomic E-state index is 0.0302. The Morgan fingerprint density at radius 2 is 2.35 bits per heavy atom. The first-order valence-corrected chi connectivity index (χ1v) is 7.09. The average Bonchev–Trinajstić information content (AvgIpc) is 2.79. The monoisotopic (exact) mass is 254 g/mol. The Bertz CT molecular complexity index is 324. The van der Waals surface area contributed by atoms with Crippen molar-refractivity contribution in [2.24, 2.45) is 0 Å². The summed E-state index contributed by atoms with van der Waals surface area (Å²) in [6.07, 6.45) is 2.42. The minimum Gasteiger partial charge on any atom is -0.348 e. The zero-order chi connectivity index (χ0) is 12.7. The number of thiophene rings is 1. The van der Waals surface area contributed by atoms with Crippen molar-refractivity contribution in [3.05, 3.63) is 22.4 Å². The van der Waals surface area contributed by atoms with Crippen molar-refractivity contribution in [1.82, 2.24) is 10.2 Å². The number of nitrogens with zero attached hydrogens (tertiary/aromatic N) is 1. The molecule has 0 aliphatic heterocycles. The Morgan fingerprint density at radius 3 is 2.94 bits per heavy atom. The van der Waals surface area contributed by atoms with Crippen LogP contribution >= 0.6 is 11.3 Å². The fourth-order valence-corrected chi connectivity index (χ4v) is 2.37. The second kappa shape index (κ2) is 7.45. The van der Waals surface area contributed by atoms with E-state index in [9.17, 15) is 4.79 Å². The third kappa shape index (κ3) is 5.33. The Labute approximate surface area is 108 Å². The summed E-state index contributed by atoms with van der Waals surface area (Å²) in [5.41, 5.74) is 0.762. The molecular weight excluding hydrogens is 232 g/mol. The molecule has 0 fully saturated rings. The van der Waals surface area contributed by atoms with Gasteiger partial charge in [0.25, 0.3) is 5.91 Å². The molecule has 3 nitrogen and oxygen atoms in total. The molecular formula is C13H22N2OS. The number of carbonyl (C=O) groups is 1. The quantitative estimate of drug-likeness (QED) is 0.811. The summed E-state index contributed by atoms with van der Waals surface area (Å²) in [5, 5.41) is 6.82. The van der Waals surface area contributed by atoms with Crippen molar-refractivity contribution in [2.45, 2.75) is 32.7 Å². The molecule has 1 atom stereocenters. The first-order valence-electron chi connectivity index (χ1n) is 6.15. The summed E-state index contributed by atoms with van der Waals surface area (Å²) in [4.78, 5) is 14.1. The molecule has 0 aliphatic carbocycles. The minimum atomic E-state index is 0.0302. The van der Waals surface area contributed by atoms with Crippen molar-refractivity contribution in [3.8, 4) is 0 Å². The molecule has 0 aliphatic rings. The predicted molar refractivity (Wildman–Crippen MR) is 73.7 cm³/mol. The predicted octanol–water partition coefficient (Wildman–Crippen LogP) is 2.60. The Balaban J connectivity index is 2.29. The normalized spacial score (nSPS) is 12.7. The summed E-state index contributed by atoms with van der Waals surface area (Å²) < 4.78 is 0. The molecule has 1 aromatic heterocycles. The second-order valence-corrected chi connectivity index (χ2v) is 5.28. The lowest BCUT2D eigenvalue weighted by molar-refractivity contribution is 0.0932. The zero-order valence-corrected chi connectivity index (χ0v) is 11.7. The van der Waals surface area contributed by atoms with Gasteiger partial charge >= 0.3 is 0 Å². The van der Waals surface area contributed by atoms with E-state index in [1.807, 2.05) is 23.8 Å². The number of carbonyl (C=O) groups excluding carboxylic acids is 1. The standard InChI is InChI=1S/C13H22N2OS/c1-4-5-7-15(3)9-11(2)14-13(16)12-6-8-17-10-12/h6,8,10-11H,4-5,7,9H2,1-3H3,(H,14,16)/t11-/m1/s1. The van der Waals surface area contributed by atoms with Gasteiger partial charge in [0.1, 0.15) is 0 Å².